The number of methoxy groups -OCH3 is 1. The van der Waals surface area contributed by atoms with Gasteiger partial charge in [-0.05, 0) is 29.8 Å². The zero-order chi connectivity index (χ0) is 24.0. The second-order valence-corrected chi connectivity index (χ2v) is 8.55. The van der Waals surface area contributed by atoms with Gasteiger partial charge in [0.05, 0.1) is 30.7 Å². The minimum atomic E-state index is -0.897. The molecule has 5 rings (SSSR count). The zero-order valence-corrected chi connectivity index (χ0v) is 18.4. The van der Waals surface area contributed by atoms with Crippen molar-refractivity contribution in [3.63, 3.8) is 0 Å². The molecule has 1 fully saturated rings. The van der Waals surface area contributed by atoms with E-state index < -0.39 is 48.2 Å². The van der Waals surface area contributed by atoms with Crippen LogP contribution in [-0.4, -0.2) is 46.2 Å². The van der Waals surface area contributed by atoms with E-state index in [1.807, 2.05) is 30.3 Å². The number of halogens is 1. The number of fused-ring (bicyclic) bond motifs is 4. The first kappa shape index (κ1) is 22.0. The van der Waals surface area contributed by atoms with Crippen LogP contribution in [0.3, 0.4) is 0 Å². The third-order valence-electron chi connectivity index (χ3n) is 6.94. The molecule has 2 aliphatic rings. The van der Waals surface area contributed by atoms with Gasteiger partial charge in [-0.25, -0.2) is 4.39 Å². The maximum absolute atomic E-state index is 14.5. The summed E-state index contributed by atoms with van der Waals surface area (Å²) in [7, 11) is 1.24. The molecule has 0 radical (unpaired) electrons. The number of ether oxygens (including phenoxy) is 1. The van der Waals surface area contributed by atoms with Crippen LogP contribution in [0.5, 0.6) is 0 Å². The molecular weight excluding hydrogens is 439 g/mol. The molecule has 1 saturated heterocycles. The van der Waals surface area contributed by atoms with Crippen molar-refractivity contribution < 1.29 is 23.8 Å². The summed E-state index contributed by atoms with van der Waals surface area (Å²) in [5.74, 6) is -3.43. The van der Waals surface area contributed by atoms with Crippen molar-refractivity contribution in [2.75, 3.05) is 13.7 Å². The van der Waals surface area contributed by atoms with E-state index in [1.165, 1.54) is 30.2 Å². The van der Waals surface area contributed by atoms with Crippen molar-refractivity contribution in [1.29, 1.82) is 0 Å². The van der Waals surface area contributed by atoms with Crippen molar-refractivity contribution in [3.8, 4) is 11.1 Å². The highest BCUT2D eigenvalue weighted by atomic mass is 19.1. The number of aliphatic hydroxyl groups excluding tert-OH is 1. The first-order valence-electron chi connectivity index (χ1n) is 11.0. The van der Waals surface area contributed by atoms with Crippen LogP contribution in [0.1, 0.15) is 22.1 Å². The molecule has 8 heteroatoms. The number of pyridine rings is 1. The van der Waals surface area contributed by atoms with Crippen LogP contribution in [-0.2, 0) is 16.1 Å². The Hall–Kier alpha value is -3.78. The summed E-state index contributed by atoms with van der Waals surface area (Å²) in [4.78, 5) is 41.3. The van der Waals surface area contributed by atoms with E-state index in [-0.39, 0.29) is 17.7 Å². The first-order valence-corrected chi connectivity index (χ1v) is 11.0. The molecule has 174 valence electrons. The second-order valence-electron chi connectivity index (χ2n) is 8.55. The van der Waals surface area contributed by atoms with Gasteiger partial charge in [0.1, 0.15) is 5.82 Å². The number of hydrogen-bond donors (Lipinski definition) is 1. The average molecular weight is 462 g/mol. The lowest BCUT2D eigenvalue weighted by Gasteiger charge is -2.38. The van der Waals surface area contributed by atoms with E-state index in [1.54, 1.807) is 22.8 Å². The number of aromatic nitrogens is 1. The largest absolute Gasteiger partial charge is 0.469 e. The van der Waals surface area contributed by atoms with E-state index in [0.717, 1.165) is 5.56 Å². The van der Waals surface area contributed by atoms with E-state index >= 15 is 0 Å². The Morgan fingerprint density at radius 1 is 1.06 bits per heavy atom. The van der Waals surface area contributed by atoms with E-state index in [9.17, 15) is 23.9 Å². The molecule has 0 aliphatic carbocycles. The molecule has 2 aliphatic heterocycles. The van der Waals surface area contributed by atoms with Crippen molar-refractivity contribution in [3.05, 3.63) is 94.2 Å². The van der Waals surface area contributed by atoms with Crippen LogP contribution >= 0.6 is 0 Å². The first-order chi connectivity index (χ1) is 16.5. The molecule has 1 aromatic heterocycles. The molecule has 2 aromatic carbocycles. The highest BCUT2D eigenvalue weighted by molar-refractivity contribution is 5.96. The third-order valence-corrected chi connectivity index (χ3v) is 6.94. The van der Waals surface area contributed by atoms with Gasteiger partial charge < -0.3 is 19.3 Å². The van der Waals surface area contributed by atoms with Crippen LogP contribution in [0.15, 0.2) is 71.5 Å². The molecule has 7 nitrogen and oxygen atoms in total. The number of aliphatic hydroxyl groups is 1. The van der Waals surface area contributed by atoms with E-state index in [0.29, 0.717) is 11.3 Å². The SMILES string of the molecule is COC(=O)[C@H]1[C@H](CO)[C@H]2Cn3c(ccc(-c4ccccc4)c3=O)[C@@H]1N2C(=O)c1ccccc1F. The predicted molar refractivity (Wildman–Crippen MR) is 121 cm³/mol. The lowest BCUT2D eigenvalue weighted by Crippen LogP contribution is -2.49. The van der Waals surface area contributed by atoms with Gasteiger partial charge >= 0.3 is 5.97 Å². The lowest BCUT2D eigenvalue weighted by molar-refractivity contribution is -0.148. The van der Waals surface area contributed by atoms with Gasteiger partial charge in [0, 0.05) is 30.3 Å². The molecule has 3 aromatic rings. The maximum atomic E-state index is 14.5. The topological polar surface area (TPSA) is 88.8 Å². The third kappa shape index (κ3) is 3.25. The fourth-order valence-electron chi connectivity index (χ4n) is 5.40. The Kier molecular flexibility index (Phi) is 5.53. The Bertz CT molecular complexity index is 1320. The number of carbonyl (C=O) groups is 2. The van der Waals surface area contributed by atoms with E-state index in [4.69, 9.17) is 4.74 Å². The summed E-state index contributed by atoms with van der Waals surface area (Å²) >= 11 is 0. The smallest absolute Gasteiger partial charge is 0.311 e. The van der Waals surface area contributed by atoms with Gasteiger partial charge in [-0.1, -0.05) is 42.5 Å². The Labute approximate surface area is 195 Å². The van der Waals surface area contributed by atoms with Gasteiger partial charge in [-0.2, -0.15) is 0 Å². The number of amides is 1. The van der Waals surface area contributed by atoms with Crippen LogP contribution < -0.4 is 5.56 Å². The van der Waals surface area contributed by atoms with Gasteiger partial charge in [-0.15, -0.1) is 0 Å². The van der Waals surface area contributed by atoms with E-state index in [2.05, 4.69) is 0 Å². The molecule has 1 N–H and O–H groups in total. The Morgan fingerprint density at radius 3 is 2.44 bits per heavy atom. The zero-order valence-electron chi connectivity index (χ0n) is 18.4. The number of benzene rings is 2. The number of rotatable bonds is 4. The predicted octanol–water partition coefficient (Wildman–Crippen LogP) is 2.63. The number of nitrogens with zero attached hydrogens (tertiary/aromatic N) is 2. The molecule has 0 spiro atoms. The molecule has 3 heterocycles. The number of esters is 1. The summed E-state index contributed by atoms with van der Waals surface area (Å²) in [5, 5.41) is 10.2. The normalized spacial score (nSPS) is 22.9. The van der Waals surface area contributed by atoms with Gasteiger partial charge in [0.25, 0.3) is 11.5 Å². The molecule has 34 heavy (non-hydrogen) atoms. The standard InChI is InChI=1S/C26H23FN2O5/c1-34-26(33)22-18(14-30)21-13-28-20(12-11-16(24(28)31)15-7-3-2-4-8-15)23(22)29(21)25(32)17-9-5-6-10-19(17)27/h2-12,18,21-23,30H,13-14H2,1H3/t18-,21-,22+,23+/m1/s1. The lowest BCUT2D eigenvalue weighted by atomic mass is 9.87. The number of carbonyl (C=O) groups excluding carboxylic acids is 2. The van der Waals surface area contributed by atoms with Crippen molar-refractivity contribution in [2.24, 2.45) is 11.8 Å². The van der Waals surface area contributed by atoms with Crippen molar-refractivity contribution in [1.82, 2.24) is 9.47 Å². The summed E-state index contributed by atoms with van der Waals surface area (Å²) < 4.78 is 21.1. The van der Waals surface area contributed by atoms with Crippen molar-refractivity contribution in [2.45, 2.75) is 18.6 Å². The molecule has 0 unspecified atom stereocenters. The van der Waals surface area contributed by atoms with Gasteiger partial charge in [0.2, 0.25) is 0 Å². The van der Waals surface area contributed by atoms with Crippen LogP contribution in [0, 0.1) is 17.7 Å². The summed E-state index contributed by atoms with van der Waals surface area (Å²) in [6, 6.07) is 16.7. The fraction of sp³-hybridized carbons (Fsp3) is 0.269. The Morgan fingerprint density at radius 2 is 1.76 bits per heavy atom. The summed E-state index contributed by atoms with van der Waals surface area (Å²) in [5.41, 5.74) is 1.32. The Balaban J connectivity index is 1.69. The quantitative estimate of drug-likeness (QED) is 0.603. The van der Waals surface area contributed by atoms with Crippen LogP contribution in [0.2, 0.25) is 0 Å². The minimum Gasteiger partial charge on any atom is -0.469 e. The maximum Gasteiger partial charge on any atom is 0.311 e. The molecule has 0 saturated carbocycles. The number of hydrogen-bond acceptors (Lipinski definition) is 5. The van der Waals surface area contributed by atoms with Gasteiger partial charge in [-0.3, -0.25) is 14.4 Å². The monoisotopic (exact) mass is 462 g/mol. The molecule has 2 bridgehead atoms. The van der Waals surface area contributed by atoms with Crippen LogP contribution in [0.4, 0.5) is 4.39 Å². The minimum absolute atomic E-state index is 0.0737. The highest BCUT2D eigenvalue weighted by Gasteiger charge is 2.58. The fourth-order valence-corrected chi connectivity index (χ4v) is 5.40. The molecule has 4 atom stereocenters. The molecular formula is C26H23FN2O5. The van der Waals surface area contributed by atoms with Gasteiger partial charge in [0.15, 0.2) is 0 Å². The second kappa shape index (κ2) is 8.53. The van der Waals surface area contributed by atoms with Crippen molar-refractivity contribution >= 4 is 11.9 Å². The van der Waals surface area contributed by atoms with Crippen LogP contribution in [0.25, 0.3) is 11.1 Å². The summed E-state index contributed by atoms with van der Waals surface area (Å²) in [6.07, 6.45) is 0. The average Bonchev–Trinajstić information content (AvgIpc) is 3.10. The summed E-state index contributed by atoms with van der Waals surface area (Å²) in [6.45, 7) is -0.319. The molecule has 1 amide bonds. The highest BCUT2D eigenvalue weighted by Crippen LogP contribution is 2.49.